The molecule has 0 aliphatic heterocycles. The Kier molecular flexibility index (Phi) is 3.01. The molecule has 90 valence electrons. The highest BCUT2D eigenvalue weighted by atomic mass is 79.9. The van der Waals surface area contributed by atoms with Crippen molar-refractivity contribution in [3.8, 4) is 0 Å². The van der Waals surface area contributed by atoms with Crippen molar-refractivity contribution in [1.82, 2.24) is 15.0 Å². The number of aliphatic hydroxyl groups is 1. The van der Waals surface area contributed by atoms with E-state index in [-0.39, 0.29) is 0 Å². The lowest BCUT2D eigenvalue weighted by Crippen LogP contribution is -2.26. The lowest BCUT2D eigenvalue weighted by atomic mass is 9.93. The largest absolute Gasteiger partial charge is 0.379 e. The van der Waals surface area contributed by atoms with Crippen molar-refractivity contribution < 1.29 is 9.50 Å². The van der Waals surface area contributed by atoms with Crippen molar-refractivity contribution in [1.29, 1.82) is 0 Å². The Labute approximate surface area is 106 Å². The highest BCUT2D eigenvalue weighted by Gasteiger charge is 2.32. The van der Waals surface area contributed by atoms with Crippen molar-refractivity contribution in [3.05, 3.63) is 45.9 Å². The first-order valence-corrected chi connectivity index (χ1v) is 5.76. The standard InChI is InChI=1S/C11H11BrFN3O/c1-11(17,7-4-3-5-8(13)6-7)9-10(12)14-15-16(9)2/h3-6,17H,1-2H3. The molecule has 1 atom stereocenters. The van der Waals surface area contributed by atoms with E-state index in [2.05, 4.69) is 26.2 Å². The Hall–Kier alpha value is -1.27. The fourth-order valence-corrected chi connectivity index (χ4v) is 2.49. The molecule has 0 radical (unpaired) electrons. The summed E-state index contributed by atoms with van der Waals surface area (Å²) in [4.78, 5) is 0. The molecule has 2 rings (SSSR count). The summed E-state index contributed by atoms with van der Waals surface area (Å²) in [6.07, 6.45) is 0. The van der Waals surface area contributed by atoms with E-state index < -0.39 is 11.4 Å². The molecule has 1 unspecified atom stereocenters. The average Bonchev–Trinajstić information content (AvgIpc) is 2.59. The molecule has 0 saturated heterocycles. The van der Waals surface area contributed by atoms with E-state index in [1.807, 2.05) is 0 Å². The molecule has 0 saturated carbocycles. The zero-order chi connectivity index (χ0) is 12.6. The van der Waals surface area contributed by atoms with Crippen molar-refractivity contribution >= 4 is 15.9 Å². The van der Waals surface area contributed by atoms with Gasteiger partial charge in [0.05, 0.1) is 0 Å². The quantitative estimate of drug-likeness (QED) is 0.922. The van der Waals surface area contributed by atoms with Gasteiger partial charge in [0, 0.05) is 7.05 Å². The maximum atomic E-state index is 13.2. The fourth-order valence-electron chi connectivity index (χ4n) is 1.78. The van der Waals surface area contributed by atoms with Crippen LogP contribution >= 0.6 is 15.9 Å². The molecule has 0 spiro atoms. The normalized spacial score (nSPS) is 14.6. The molecule has 0 fully saturated rings. The van der Waals surface area contributed by atoms with Gasteiger partial charge in [0.25, 0.3) is 0 Å². The van der Waals surface area contributed by atoms with Gasteiger partial charge in [0.2, 0.25) is 0 Å². The van der Waals surface area contributed by atoms with Gasteiger partial charge in [-0.25, -0.2) is 9.07 Å². The Morgan fingerprint density at radius 3 is 2.71 bits per heavy atom. The number of halogens is 2. The molecule has 0 aliphatic rings. The van der Waals surface area contributed by atoms with Crippen LogP contribution in [0.15, 0.2) is 28.9 Å². The summed E-state index contributed by atoms with van der Waals surface area (Å²) in [6, 6.07) is 5.83. The van der Waals surface area contributed by atoms with Crippen molar-refractivity contribution in [2.75, 3.05) is 0 Å². The lowest BCUT2D eigenvalue weighted by Gasteiger charge is -2.23. The third kappa shape index (κ3) is 2.10. The van der Waals surface area contributed by atoms with Crippen LogP contribution in [0, 0.1) is 5.82 Å². The monoisotopic (exact) mass is 299 g/mol. The van der Waals surface area contributed by atoms with E-state index in [0.29, 0.717) is 15.9 Å². The average molecular weight is 300 g/mol. The van der Waals surface area contributed by atoms with Gasteiger partial charge in [-0.1, -0.05) is 17.3 Å². The first kappa shape index (κ1) is 12.2. The lowest BCUT2D eigenvalue weighted by molar-refractivity contribution is 0.0917. The van der Waals surface area contributed by atoms with Crippen LogP contribution in [0.25, 0.3) is 0 Å². The predicted octanol–water partition coefficient (Wildman–Crippen LogP) is 1.97. The van der Waals surface area contributed by atoms with Gasteiger partial charge in [0.15, 0.2) is 4.60 Å². The highest BCUT2D eigenvalue weighted by molar-refractivity contribution is 9.10. The summed E-state index contributed by atoms with van der Waals surface area (Å²) in [5, 5.41) is 18.1. The van der Waals surface area contributed by atoms with E-state index in [9.17, 15) is 9.50 Å². The maximum Gasteiger partial charge on any atom is 0.154 e. The second kappa shape index (κ2) is 4.19. The molecule has 1 aromatic carbocycles. The van der Waals surface area contributed by atoms with Crippen LogP contribution in [-0.4, -0.2) is 20.1 Å². The smallest absolute Gasteiger partial charge is 0.154 e. The number of benzene rings is 1. The Morgan fingerprint density at radius 2 is 2.18 bits per heavy atom. The van der Waals surface area contributed by atoms with Crippen LogP contribution in [-0.2, 0) is 12.6 Å². The zero-order valence-corrected chi connectivity index (χ0v) is 10.9. The third-order valence-electron chi connectivity index (χ3n) is 2.63. The van der Waals surface area contributed by atoms with Crippen LogP contribution in [0.5, 0.6) is 0 Å². The van der Waals surface area contributed by atoms with Crippen molar-refractivity contribution in [2.24, 2.45) is 7.05 Å². The predicted molar refractivity (Wildman–Crippen MR) is 63.8 cm³/mol. The van der Waals surface area contributed by atoms with Gasteiger partial charge in [-0.15, -0.1) is 5.10 Å². The van der Waals surface area contributed by atoms with Crippen LogP contribution in [0.2, 0.25) is 0 Å². The van der Waals surface area contributed by atoms with Crippen molar-refractivity contribution in [2.45, 2.75) is 12.5 Å². The maximum absolute atomic E-state index is 13.2. The van der Waals surface area contributed by atoms with Gasteiger partial charge < -0.3 is 5.11 Å². The molecule has 0 aliphatic carbocycles. The third-order valence-corrected chi connectivity index (χ3v) is 3.17. The second-order valence-electron chi connectivity index (χ2n) is 3.94. The minimum Gasteiger partial charge on any atom is -0.379 e. The molecule has 0 amide bonds. The van der Waals surface area contributed by atoms with E-state index in [4.69, 9.17) is 0 Å². The number of hydrogen-bond donors (Lipinski definition) is 1. The molecule has 1 heterocycles. The van der Waals surface area contributed by atoms with Crippen molar-refractivity contribution in [3.63, 3.8) is 0 Å². The van der Waals surface area contributed by atoms with Gasteiger partial charge in [0.1, 0.15) is 17.1 Å². The Bertz CT molecular complexity index is 534. The molecule has 4 nitrogen and oxygen atoms in total. The second-order valence-corrected chi connectivity index (χ2v) is 4.69. The van der Waals surface area contributed by atoms with E-state index in [1.54, 1.807) is 26.1 Å². The van der Waals surface area contributed by atoms with Crippen LogP contribution in [0.4, 0.5) is 4.39 Å². The number of rotatable bonds is 2. The fraction of sp³-hybridized carbons (Fsp3) is 0.273. The zero-order valence-electron chi connectivity index (χ0n) is 9.35. The molecule has 2 aromatic rings. The number of nitrogens with zero attached hydrogens (tertiary/aromatic N) is 3. The summed E-state index contributed by atoms with van der Waals surface area (Å²) < 4.78 is 15.1. The molecule has 17 heavy (non-hydrogen) atoms. The molecule has 1 aromatic heterocycles. The highest BCUT2D eigenvalue weighted by Crippen LogP contribution is 2.32. The van der Waals surface area contributed by atoms with E-state index in [0.717, 1.165) is 0 Å². The molecule has 0 bridgehead atoms. The number of aryl methyl sites for hydroxylation is 1. The minimum atomic E-state index is -1.36. The van der Waals surface area contributed by atoms with Crippen LogP contribution in [0.3, 0.4) is 0 Å². The topological polar surface area (TPSA) is 50.9 Å². The van der Waals surface area contributed by atoms with E-state index >= 15 is 0 Å². The van der Waals surface area contributed by atoms with Crippen LogP contribution in [0.1, 0.15) is 18.2 Å². The summed E-state index contributed by atoms with van der Waals surface area (Å²) >= 11 is 3.22. The van der Waals surface area contributed by atoms with Crippen LogP contribution < -0.4 is 0 Å². The first-order valence-electron chi connectivity index (χ1n) is 4.97. The SMILES string of the molecule is Cn1nnc(Br)c1C(C)(O)c1cccc(F)c1. The molecular formula is C11H11BrFN3O. The molecule has 6 heteroatoms. The Balaban J connectivity index is 2.57. The van der Waals surface area contributed by atoms with Gasteiger partial charge >= 0.3 is 0 Å². The summed E-state index contributed by atoms with van der Waals surface area (Å²) in [6.45, 7) is 1.57. The first-order chi connectivity index (χ1) is 7.93. The summed E-state index contributed by atoms with van der Waals surface area (Å²) in [7, 11) is 1.67. The van der Waals surface area contributed by atoms with Gasteiger partial charge in [-0.05, 0) is 40.5 Å². The minimum absolute atomic E-state index is 0.394. The van der Waals surface area contributed by atoms with Gasteiger partial charge in [-0.3, -0.25) is 0 Å². The summed E-state index contributed by atoms with van der Waals surface area (Å²) in [5.41, 5.74) is -0.439. The summed E-state index contributed by atoms with van der Waals surface area (Å²) in [5.74, 6) is -0.394. The van der Waals surface area contributed by atoms with E-state index in [1.165, 1.54) is 16.8 Å². The molecule has 1 N–H and O–H groups in total. The molecular weight excluding hydrogens is 289 g/mol. The number of aromatic nitrogens is 3. The Morgan fingerprint density at radius 1 is 1.47 bits per heavy atom. The van der Waals surface area contributed by atoms with Gasteiger partial charge in [-0.2, -0.15) is 0 Å². The number of hydrogen-bond acceptors (Lipinski definition) is 3.